The number of amides is 2. The second-order valence-corrected chi connectivity index (χ2v) is 22.8. The Hall–Kier alpha value is -7.46. The molecule has 4 unspecified atom stereocenters. The van der Waals surface area contributed by atoms with Gasteiger partial charge in [0, 0.05) is 74.6 Å². The number of anilines is 2. The van der Waals surface area contributed by atoms with Gasteiger partial charge in [0.1, 0.15) is 41.5 Å². The van der Waals surface area contributed by atoms with Crippen molar-refractivity contribution in [2.45, 2.75) is 74.4 Å². The van der Waals surface area contributed by atoms with Crippen molar-refractivity contribution in [3.63, 3.8) is 0 Å². The maximum atomic E-state index is 14.5. The minimum atomic E-state index is -2.64. The Morgan fingerprint density at radius 3 is 1.50 bits per heavy atom. The molecule has 0 saturated heterocycles. The van der Waals surface area contributed by atoms with Crippen molar-refractivity contribution in [2.75, 3.05) is 66.2 Å². The molecular weight excluding hydrogens is 1030 g/mol. The molecule has 6 aliphatic rings. The first kappa shape index (κ1) is 57.2. The van der Waals surface area contributed by atoms with Crippen molar-refractivity contribution in [3.05, 3.63) is 129 Å². The number of benzene rings is 4. The van der Waals surface area contributed by atoms with Crippen LogP contribution >= 0.6 is 0 Å². The molecule has 0 radical (unpaired) electrons. The lowest BCUT2D eigenvalue weighted by atomic mass is 9.54. The summed E-state index contributed by atoms with van der Waals surface area (Å²) in [5.41, 5.74) is 11.0. The number of fused-ring (bicyclic) bond motifs is 6. The number of hydrogen-bond acceptors (Lipinski definition) is 18. The van der Waals surface area contributed by atoms with Crippen LogP contribution in [-0.2, 0) is 59.6 Å². The van der Waals surface area contributed by atoms with Crippen LogP contribution < -0.4 is 26.0 Å². The summed E-state index contributed by atoms with van der Waals surface area (Å²) in [6.45, 7) is 0.334. The predicted octanol–water partition coefficient (Wildman–Crippen LogP) is 2.49. The molecule has 80 heavy (non-hydrogen) atoms. The van der Waals surface area contributed by atoms with E-state index in [0.717, 1.165) is 28.1 Å². The lowest BCUT2D eigenvalue weighted by Gasteiger charge is -2.54. The van der Waals surface area contributed by atoms with Gasteiger partial charge in [-0.3, -0.25) is 28.8 Å². The number of primary amides is 2. The second kappa shape index (κ2) is 21.5. The second-order valence-electron chi connectivity index (χ2n) is 22.8. The topological polar surface area (TPSA) is 307 Å². The van der Waals surface area contributed by atoms with Crippen molar-refractivity contribution < 1.29 is 68.9 Å². The number of ketones is 4. The number of Topliss-reactive ketones (excluding diaryl/α,β-unsaturated/α-hetero) is 4. The number of nitrogens with two attached hydrogens (primary N) is 2. The number of carbonyl (C=O) groups is 6. The summed E-state index contributed by atoms with van der Waals surface area (Å²) in [5, 5.41) is 68.2. The molecule has 20 heteroatoms. The molecule has 12 atom stereocenters. The van der Waals surface area contributed by atoms with Crippen LogP contribution in [0.1, 0.15) is 46.2 Å². The number of rotatable bonds is 12. The zero-order chi connectivity index (χ0) is 58.2. The fraction of sp³-hybridized carbons (Fsp3) is 0.433. The zero-order valence-corrected chi connectivity index (χ0v) is 46.0. The van der Waals surface area contributed by atoms with Crippen LogP contribution in [0.4, 0.5) is 11.4 Å². The Balaban J connectivity index is 0.000000206. The highest BCUT2D eigenvalue weighted by atomic mass is 16.5. The number of phenols is 1. The summed E-state index contributed by atoms with van der Waals surface area (Å²) in [7, 11) is 14.2. The summed E-state index contributed by atoms with van der Waals surface area (Å²) < 4.78 is 12.5. The Kier molecular flexibility index (Phi) is 15.4. The highest BCUT2D eigenvalue weighted by Crippen LogP contribution is 2.56. The maximum absolute atomic E-state index is 14.5. The molecular formula is C60H70N6O14. The lowest BCUT2D eigenvalue weighted by molar-refractivity contribution is -0.190. The van der Waals surface area contributed by atoms with Crippen LogP contribution in [0.2, 0.25) is 0 Å². The molecule has 0 spiro atoms. The van der Waals surface area contributed by atoms with E-state index in [1.807, 2.05) is 105 Å². The van der Waals surface area contributed by atoms with Crippen LogP contribution in [0.5, 0.6) is 11.5 Å². The van der Waals surface area contributed by atoms with E-state index in [-0.39, 0.29) is 60.7 Å². The number of hydrogen-bond donors (Lipinski definition) is 8. The third kappa shape index (κ3) is 9.20. The van der Waals surface area contributed by atoms with Gasteiger partial charge in [0.25, 0.3) is 0 Å². The normalized spacial score (nSPS) is 29.6. The van der Waals surface area contributed by atoms with E-state index in [1.165, 1.54) is 6.07 Å². The van der Waals surface area contributed by atoms with Gasteiger partial charge in [-0.25, -0.2) is 0 Å². The Morgan fingerprint density at radius 2 is 1.02 bits per heavy atom. The van der Waals surface area contributed by atoms with Gasteiger partial charge in [-0.1, -0.05) is 60.7 Å². The highest BCUT2D eigenvalue weighted by Gasteiger charge is 2.69. The molecule has 4 saturated carbocycles. The molecule has 424 valence electrons. The highest BCUT2D eigenvalue weighted by molar-refractivity contribution is 6.26. The minimum absolute atomic E-state index is 0.0329. The van der Waals surface area contributed by atoms with Crippen molar-refractivity contribution in [2.24, 2.45) is 47.0 Å². The van der Waals surface area contributed by atoms with E-state index in [2.05, 4.69) is 0 Å². The van der Waals surface area contributed by atoms with E-state index in [9.17, 15) is 59.4 Å². The van der Waals surface area contributed by atoms with E-state index in [1.54, 1.807) is 50.1 Å². The van der Waals surface area contributed by atoms with Gasteiger partial charge in [-0.2, -0.15) is 0 Å². The molecule has 2 amide bonds. The van der Waals surface area contributed by atoms with E-state index >= 15 is 0 Å². The molecule has 0 aromatic heterocycles. The molecule has 6 aliphatic carbocycles. The van der Waals surface area contributed by atoms with E-state index in [0.29, 0.717) is 23.3 Å². The number of nitrogens with zero attached hydrogens (tertiary/aromatic N) is 4. The first-order chi connectivity index (χ1) is 37.8. The smallest absolute Gasteiger partial charge is 0.230 e. The van der Waals surface area contributed by atoms with Gasteiger partial charge in [-0.15, -0.1) is 0 Å². The number of aliphatic hydroxyl groups excluding tert-OH is 3. The number of likely N-dealkylation sites (N-methyl/N-ethyl adjacent to an activating group) is 2. The summed E-state index contributed by atoms with van der Waals surface area (Å²) in [6.07, 6.45) is -1.59. The first-order valence-corrected chi connectivity index (χ1v) is 26.6. The van der Waals surface area contributed by atoms with Crippen LogP contribution in [-0.4, -0.2) is 167 Å². The molecule has 4 aromatic carbocycles. The Morgan fingerprint density at radius 1 is 0.588 bits per heavy atom. The van der Waals surface area contributed by atoms with Crippen LogP contribution in [0.25, 0.3) is 11.5 Å². The summed E-state index contributed by atoms with van der Waals surface area (Å²) >= 11 is 0. The van der Waals surface area contributed by atoms with Gasteiger partial charge in [0.05, 0.1) is 29.9 Å². The predicted molar refractivity (Wildman–Crippen MR) is 295 cm³/mol. The molecule has 4 fully saturated rings. The Labute approximate surface area is 463 Å². The molecule has 0 aliphatic heterocycles. The van der Waals surface area contributed by atoms with Crippen molar-refractivity contribution in [1.29, 1.82) is 0 Å². The number of aromatic hydroxyl groups is 1. The SMILES string of the molecule is CN(C)c1ccc(O)c2c1C[C@H]1C[C@H]3[C@H](N(C)C)C(O)C(C(N)=O)C(=O)[C@@]3(O)C(=O)C1=C2O.CN(C)c1ccc(OCc2ccccc2)c2c1C[C@H]1C[C@H]3[C@H](N(C)C)C(OCc4ccccc4)C(C(N)=O)C(=O)[C@@]3(O)C(=O)C1=C2O. The number of phenolic OH excluding ortho intramolecular Hbond substituents is 1. The lowest BCUT2D eigenvalue weighted by Crippen LogP contribution is -2.73. The summed E-state index contributed by atoms with van der Waals surface area (Å²) in [4.78, 5) is 87.7. The average molecular weight is 1100 g/mol. The fourth-order valence-corrected chi connectivity index (χ4v) is 13.8. The minimum Gasteiger partial charge on any atom is -0.507 e. The molecule has 10 N–H and O–H groups in total. The third-order valence-corrected chi connectivity index (χ3v) is 17.3. The average Bonchev–Trinajstić information content (AvgIpc) is 3.58. The van der Waals surface area contributed by atoms with Gasteiger partial charge in [0.15, 0.2) is 22.8 Å². The number of carbonyl (C=O) groups excluding carboxylic acids is 6. The molecule has 0 heterocycles. The van der Waals surface area contributed by atoms with Crippen molar-refractivity contribution in [1.82, 2.24) is 9.80 Å². The van der Waals surface area contributed by atoms with Crippen molar-refractivity contribution >= 4 is 57.8 Å². The van der Waals surface area contributed by atoms with Gasteiger partial charge in [0.2, 0.25) is 23.4 Å². The van der Waals surface area contributed by atoms with Crippen LogP contribution in [0.3, 0.4) is 0 Å². The largest absolute Gasteiger partial charge is 0.507 e. The first-order valence-electron chi connectivity index (χ1n) is 26.6. The zero-order valence-electron chi connectivity index (χ0n) is 46.0. The standard InChI is InChI=1S/C37H41N3O7.C23H29N3O7/c1-39(2)26-15-16-27(46-19-21-11-7-5-8-12-21)29-24(26)17-23-18-25-31(40(3)4)33(47-20-22-13-9-6-10-14-22)30(36(38)44)35(43)37(25,45)34(42)28(23)32(29)41;1-25(2)12-5-6-13(27)15-10(12)7-9-8-11-17(26(3)4)19(29)16(22(24)32)21(31)23(11,33)20(30)14(9)18(15)28/h5-16,23,25,30-31,33,41,45H,17-20H2,1-4H3,(H2,38,44);5-6,9,11,16-17,19,27-29,33H,7-8H2,1-4H3,(H2,24,32)/t23-,25-,30?,31-,33?,37-;9-,11-,16?,17-,19?,23-/m00/s1. The van der Waals surface area contributed by atoms with E-state index in [4.69, 9.17) is 20.9 Å². The quantitative estimate of drug-likeness (QED) is 0.0945. The monoisotopic (exact) mass is 1100 g/mol. The van der Waals surface area contributed by atoms with Crippen LogP contribution in [0, 0.1) is 35.5 Å². The van der Waals surface area contributed by atoms with E-state index < -0.39 is 112 Å². The van der Waals surface area contributed by atoms with Crippen LogP contribution in [0.15, 0.2) is 96.1 Å². The summed E-state index contributed by atoms with van der Waals surface area (Å²) in [6, 6.07) is 24.1. The molecule has 4 aromatic rings. The molecule has 10 rings (SSSR count). The van der Waals surface area contributed by atoms with Gasteiger partial charge < -0.3 is 71.2 Å². The third-order valence-electron chi connectivity index (χ3n) is 17.3. The van der Waals surface area contributed by atoms with Crippen molar-refractivity contribution in [3.8, 4) is 11.5 Å². The van der Waals surface area contributed by atoms with Gasteiger partial charge in [-0.05, 0) is 112 Å². The molecule has 0 bridgehead atoms. The summed E-state index contributed by atoms with van der Waals surface area (Å²) in [5.74, 6) is -13.3. The Bertz CT molecular complexity index is 3230. The van der Waals surface area contributed by atoms with Gasteiger partial charge >= 0.3 is 0 Å². The maximum Gasteiger partial charge on any atom is 0.230 e. The number of ether oxygens (including phenoxy) is 2. The molecule has 20 nitrogen and oxygen atoms in total. The fourth-order valence-electron chi connectivity index (χ4n) is 13.8. The number of aliphatic hydroxyl groups is 5.